The Labute approximate surface area is 163 Å². The normalized spacial score (nSPS) is 11.6. The van der Waals surface area contributed by atoms with Gasteiger partial charge in [-0.25, -0.2) is 0 Å². The maximum Gasteiger partial charge on any atom is 0.189 e. The van der Waals surface area contributed by atoms with E-state index >= 15 is 0 Å². The smallest absolute Gasteiger partial charge is 0.189 e. The van der Waals surface area contributed by atoms with Crippen molar-refractivity contribution in [3.63, 3.8) is 0 Å². The fourth-order valence-corrected chi connectivity index (χ4v) is 2.68. The molecule has 0 atom stereocenters. The first-order valence-electron chi connectivity index (χ1n) is 8.56. The van der Waals surface area contributed by atoms with Crippen molar-refractivity contribution in [2.24, 2.45) is 0 Å². The second-order valence-electron chi connectivity index (χ2n) is 5.41. The Kier molecular flexibility index (Phi) is 9.42. The predicted octanol–water partition coefficient (Wildman–Crippen LogP) is 5.26. The van der Waals surface area contributed by atoms with Gasteiger partial charge in [0.15, 0.2) is 6.79 Å². The number of hydrogen-bond acceptors (Lipinski definition) is 4. The van der Waals surface area contributed by atoms with Crippen LogP contribution in [0.3, 0.4) is 0 Å². The third-order valence-corrected chi connectivity index (χ3v) is 4.11. The summed E-state index contributed by atoms with van der Waals surface area (Å²) < 4.78 is 22.7. The summed E-state index contributed by atoms with van der Waals surface area (Å²) >= 11 is 3.66. The van der Waals surface area contributed by atoms with Gasteiger partial charge in [0.25, 0.3) is 0 Å². The molecule has 0 aliphatic carbocycles. The molecule has 5 heteroatoms. The molecule has 0 saturated carbocycles. The van der Waals surface area contributed by atoms with Gasteiger partial charge in [-0.3, -0.25) is 0 Å². The van der Waals surface area contributed by atoms with Gasteiger partial charge in [0.2, 0.25) is 0 Å². The maximum atomic E-state index is 5.69. The maximum absolute atomic E-state index is 5.69. The molecule has 2 aromatic carbocycles. The molecule has 4 nitrogen and oxygen atoms in total. The minimum absolute atomic E-state index is 0.216. The van der Waals surface area contributed by atoms with Crippen molar-refractivity contribution >= 4 is 26.5 Å². The van der Waals surface area contributed by atoms with E-state index in [1.807, 2.05) is 56.3 Å². The van der Waals surface area contributed by atoms with E-state index in [9.17, 15) is 0 Å². The Morgan fingerprint density at radius 3 is 2.62 bits per heavy atom. The quantitative estimate of drug-likeness (QED) is 0.282. The lowest BCUT2D eigenvalue weighted by Crippen LogP contribution is -2.04. The van der Waals surface area contributed by atoms with Crippen LogP contribution in [0.25, 0.3) is 10.6 Å². The average Bonchev–Trinajstić information content (AvgIpc) is 2.66. The molecule has 0 spiro atoms. The van der Waals surface area contributed by atoms with Crippen LogP contribution in [0, 0.1) is 6.07 Å². The van der Waals surface area contributed by atoms with E-state index in [0.717, 1.165) is 26.9 Å². The van der Waals surface area contributed by atoms with Gasteiger partial charge in [-0.15, -0.1) is 0 Å². The van der Waals surface area contributed by atoms with Crippen LogP contribution in [0.4, 0.5) is 0 Å². The zero-order valence-corrected chi connectivity index (χ0v) is 16.8. The van der Waals surface area contributed by atoms with E-state index in [-0.39, 0.29) is 13.6 Å². The van der Waals surface area contributed by atoms with Gasteiger partial charge < -0.3 is 18.9 Å². The molecule has 0 bridgehead atoms. The van der Waals surface area contributed by atoms with Crippen molar-refractivity contribution in [3.05, 3.63) is 65.2 Å². The largest absolute Gasteiger partial charge is 0.468 e. The summed E-state index contributed by atoms with van der Waals surface area (Å²) in [6.07, 6.45) is 2.04. The van der Waals surface area contributed by atoms with Gasteiger partial charge in [0, 0.05) is 17.7 Å². The monoisotopic (exact) mass is 419 g/mol. The van der Waals surface area contributed by atoms with Crippen molar-refractivity contribution in [1.29, 1.82) is 0 Å². The van der Waals surface area contributed by atoms with Gasteiger partial charge in [-0.05, 0) is 66.9 Å². The summed E-state index contributed by atoms with van der Waals surface area (Å²) in [5.41, 5.74) is 3.06. The first kappa shape index (κ1) is 20.6. The van der Waals surface area contributed by atoms with Gasteiger partial charge >= 0.3 is 0 Å². The lowest BCUT2D eigenvalue weighted by atomic mass is 10.1. The molecule has 0 aliphatic heterocycles. The summed E-state index contributed by atoms with van der Waals surface area (Å²) in [6, 6.07) is 16.9. The molecule has 1 radical (unpaired) electrons. The van der Waals surface area contributed by atoms with Crippen LogP contribution in [0.5, 0.6) is 5.75 Å². The molecule has 139 valence electrons. The number of rotatable bonds is 11. The van der Waals surface area contributed by atoms with E-state index < -0.39 is 0 Å². The van der Waals surface area contributed by atoms with Crippen LogP contribution >= 0.6 is 15.9 Å². The zero-order chi connectivity index (χ0) is 18.6. The SMILES string of the molecule is CCOCOCc1cc(OCOCC)cc(C(Br)=Cc2c[c]ccc2)c1. The van der Waals surface area contributed by atoms with Gasteiger partial charge in [-0.1, -0.05) is 34.1 Å². The summed E-state index contributed by atoms with van der Waals surface area (Å²) in [6.45, 7) is 6.04. The van der Waals surface area contributed by atoms with Crippen molar-refractivity contribution in [2.45, 2.75) is 20.5 Å². The zero-order valence-electron chi connectivity index (χ0n) is 15.2. The Morgan fingerprint density at radius 2 is 1.88 bits per heavy atom. The van der Waals surface area contributed by atoms with Crippen molar-refractivity contribution in [1.82, 2.24) is 0 Å². The highest BCUT2D eigenvalue weighted by Crippen LogP contribution is 2.29. The first-order chi connectivity index (χ1) is 12.7. The molecule has 2 aromatic rings. The standard InChI is InChI=1S/C21H24BrO4/c1-3-23-15-25-14-18-10-19(13-20(11-18)26-16-24-4-2)21(22)12-17-8-6-5-7-9-17/h5-6,8-13H,3-4,14-16H2,1-2H3. The summed E-state index contributed by atoms with van der Waals surface area (Å²) in [7, 11) is 0. The topological polar surface area (TPSA) is 36.9 Å². The number of ether oxygens (including phenoxy) is 4. The van der Waals surface area contributed by atoms with Crippen LogP contribution in [0.2, 0.25) is 0 Å². The summed E-state index contributed by atoms with van der Waals surface area (Å²) in [4.78, 5) is 0. The molecule has 2 rings (SSSR count). The third-order valence-electron chi connectivity index (χ3n) is 3.42. The van der Waals surface area contributed by atoms with Crippen LogP contribution in [0.1, 0.15) is 30.5 Å². The van der Waals surface area contributed by atoms with E-state index in [2.05, 4.69) is 28.1 Å². The molecular formula is C21H24BrO4. The Balaban J connectivity index is 2.18. The molecule has 0 amide bonds. The number of benzene rings is 2. The molecule has 0 unspecified atom stereocenters. The Morgan fingerprint density at radius 1 is 1.08 bits per heavy atom. The van der Waals surface area contributed by atoms with Crippen LogP contribution in [-0.4, -0.2) is 26.8 Å². The Hall–Kier alpha value is -1.66. The second-order valence-corrected chi connectivity index (χ2v) is 6.26. The molecule has 0 aliphatic rings. The van der Waals surface area contributed by atoms with E-state index in [1.165, 1.54) is 0 Å². The lowest BCUT2D eigenvalue weighted by molar-refractivity contribution is -0.0572. The predicted molar refractivity (Wildman–Crippen MR) is 107 cm³/mol. The van der Waals surface area contributed by atoms with Crippen molar-refractivity contribution in [2.75, 3.05) is 26.8 Å². The van der Waals surface area contributed by atoms with Crippen molar-refractivity contribution < 1.29 is 18.9 Å². The Bertz CT molecular complexity index is 686. The molecule has 0 aromatic heterocycles. The third kappa shape index (κ3) is 7.30. The van der Waals surface area contributed by atoms with Crippen molar-refractivity contribution in [3.8, 4) is 5.75 Å². The van der Waals surface area contributed by atoms with E-state index in [0.29, 0.717) is 19.8 Å². The molecule has 26 heavy (non-hydrogen) atoms. The fourth-order valence-electron chi connectivity index (χ4n) is 2.19. The second kappa shape index (κ2) is 11.9. The van der Waals surface area contributed by atoms with Gasteiger partial charge in [0.1, 0.15) is 12.5 Å². The minimum atomic E-state index is 0.216. The summed E-state index contributed by atoms with van der Waals surface area (Å²) in [5, 5.41) is 0. The first-order valence-corrected chi connectivity index (χ1v) is 9.36. The molecule has 0 heterocycles. The van der Waals surface area contributed by atoms with E-state index in [4.69, 9.17) is 18.9 Å². The van der Waals surface area contributed by atoms with Crippen LogP contribution in [-0.2, 0) is 20.8 Å². The van der Waals surface area contributed by atoms with Gasteiger partial charge in [-0.2, -0.15) is 0 Å². The highest BCUT2D eigenvalue weighted by atomic mass is 79.9. The summed E-state index contributed by atoms with van der Waals surface area (Å²) in [5.74, 6) is 0.732. The highest BCUT2D eigenvalue weighted by Gasteiger charge is 2.06. The van der Waals surface area contributed by atoms with Crippen LogP contribution in [0.15, 0.2) is 42.5 Å². The molecule has 0 fully saturated rings. The molecule has 0 N–H and O–H groups in total. The van der Waals surface area contributed by atoms with Gasteiger partial charge in [0.05, 0.1) is 6.61 Å². The van der Waals surface area contributed by atoms with Crippen LogP contribution < -0.4 is 4.74 Å². The average molecular weight is 420 g/mol. The lowest BCUT2D eigenvalue weighted by Gasteiger charge is -2.12. The molecule has 0 saturated heterocycles. The minimum Gasteiger partial charge on any atom is -0.468 e. The molecular weight excluding hydrogens is 396 g/mol. The fraction of sp³-hybridized carbons (Fsp3) is 0.333. The number of hydrogen-bond donors (Lipinski definition) is 0. The van der Waals surface area contributed by atoms with E-state index in [1.54, 1.807) is 0 Å². The highest BCUT2D eigenvalue weighted by molar-refractivity contribution is 9.15. The number of halogens is 1.